The number of hydrogen-bond donors (Lipinski definition) is 1. The molecule has 1 aliphatic rings. The molecular weight excluding hydrogens is 251 g/mol. The van der Waals surface area contributed by atoms with Crippen LogP contribution in [0.25, 0.3) is 0 Å². The largest absolute Gasteiger partial charge is 0.324 e. The Morgan fingerprint density at radius 1 is 1.30 bits per heavy atom. The van der Waals surface area contributed by atoms with Crippen molar-refractivity contribution in [2.45, 2.75) is 33.2 Å². The Morgan fingerprint density at radius 2 is 2.00 bits per heavy atom. The summed E-state index contributed by atoms with van der Waals surface area (Å²) in [7, 11) is 0. The third-order valence-corrected chi connectivity index (χ3v) is 4.68. The molecule has 20 heavy (non-hydrogen) atoms. The molecule has 1 aromatic rings. The van der Waals surface area contributed by atoms with Crippen molar-refractivity contribution in [2.75, 3.05) is 19.6 Å². The zero-order valence-corrected chi connectivity index (χ0v) is 12.8. The Balaban J connectivity index is 1.92. The Morgan fingerprint density at radius 3 is 2.60 bits per heavy atom. The predicted octanol–water partition coefficient (Wildman–Crippen LogP) is 3.44. The van der Waals surface area contributed by atoms with E-state index < -0.39 is 0 Å². The molecule has 2 N–H and O–H groups in total. The van der Waals surface area contributed by atoms with Crippen molar-refractivity contribution in [3.8, 4) is 0 Å². The molecule has 3 heteroatoms. The van der Waals surface area contributed by atoms with Crippen molar-refractivity contribution in [3.63, 3.8) is 0 Å². The van der Waals surface area contributed by atoms with E-state index in [-0.39, 0.29) is 17.8 Å². The summed E-state index contributed by atoms with van der Waals surface area (Å²) in [5, 5.41) is 0. The van der Waals surface area contributed by atoms with Crippen LogP contribution in [0.1, 0.15) is 38.8 Å². The topological polar surface area (TPSA) is 29.3 Å². The Bertz CT molecular complexity index is 433. The van der Waals surface area contributed by atoms with E-state index in [1.54, 1.807) is 12.1 Å². The number of nitrogens with two attached hydrogens (primary N) is 1. The van der Waals surface area contributed by atoms with Crippen LogP contribution in [0, 0.1) is 23.6 Å². The Hall–Kier alpha value is -0.930. The molecule has 0 aromatic heterocycles. The quantitative estimate of drug-likeness (QED) is 0.894. The maximum absolute atomic E-state index is 13.8. The molecule has 0 aliphatic carbocycles. The van der Waals surface area contributed by atoms with E-state index >= 15 is 0 Å². The molecule has 2 rings (SSSR count). The highest BCUT2D eigenvalue weighted by atomic mass is 19.1. The van der Waals surface area contributed by atoms with Crippen molar-refractivity contribution in [1.29, 1.82) is 0 Å². The van der Waals surface area contributed by atoms with Crippen molar-refractivity contribution >= 4 is 0 Å². The zero-order chi connectivity index (χ0) is 14.7. The lowest BCUT2D eigenvalue weighted by atomic mass is 9.94. The summed E-state index contributed by atoms with van der Waals surface area (Å²) in [5.74, 6) is 1.62. The summed E-state index contributed by atoms with van der Waals surface area (Å²) in [6.45, 7) is 9.98. The molecule has 3 atom stereocenters. The first kappa shape index (κ1) is 15.5. The van der Waals surface area contributed by atoms with E-state index in [0.29, 0.717) is 5.56 Å². The van der Waals surface area contributed by atoms with E-state index in [0.717, 1.165) is 31.5 Å². The van der Waals surface area contributed by atoms with Gasteiger partial charge in [-0.3, -0.25) is 0 Å². The molecule has 2 nitrogen and oxygen atoms in total. The molecule has 1 aliphatic heterocycles. The van der Waals surface area contributed by atoms with Gasteiger partial charge >= 0.3 is 0 Å². The SMILES string of the molecule is CC(C)C1CCN(CC(C)C(N)c2ccccc2F)C1. The van der Waals surface area contributed by atoms with Crippen molar-refractivity contribution in [3.05, 3.63) is 35.6 Å². The summed E-state index contributed by atoms with van der Waals surface area (Å²) in [6, 6.07) is 6.64. The third-order valence-electron chi connectivity index (χ3n) is 4.68. The molecular formula is C17H27FN2. The van der Waals surface area contributed by atoms with Gasteiger partial charge in [0.2, 0.25) is 0 Å². The molecule has 0 amide bonds. The average molecular weight is 278 g/mol. The van der Waals surface area contributed by atoms with E-state index in [9.17, 15) is 4.39 Å². The number of nitrogens with zero attached hydrogens (tertiary/aromatic N) is 1. The van der Waals surface area contributed by atoms with Gasteiger partial charge in [-0.05, 0) is 36.8 Å². The predicted molar refractivity (Wildman–Crippen MR) is 81.9 cm³/mol. The first-order valence-electron chi connectivity index (χ1n) is 7.71. The Kier molecular flexibility index (Phi) is 5.17. The molecule has 1 fully saturated rings. The highest BCUT2D eigenvalue weighted by molar-refractivity contribution is 5.21. The maximum atomic E-state index is 13.8. The van der Waals surface area contributed by atoms with E-state index in [2.05, 4.69) is 25.7 Å². The first-order valence-corrected chi connectivity index (χ1v) is 7.71. The van der Waals surface area contributed by atoms with E-state index in [1.807, 2.05) is 6.07 Å². The van der Waals surface area contributed by atoms with Crippen LogP contribution in [0.5, 0.6) is 0 Å². The standard InChI is InChI=1S/C17H27FN2/c1-12(2)14-8-9-20(11-14)10-13(3)17(19)15-6-4-5-7-16(15)18/h4-7,12-14,17H,8-11,19H2,1-3H3. The normalized spacial score (nSPS) is 23.2. The molecule has 1 heterocycles. The van der Waals surface area contributed by atoms with E-state index in [4.69, 9.17) is 5.73 Å². The minimum Gasteiger partial charge on any atom is -0.324 e. The second-order valence-electron chi connectivity index (χ2n) is 6.58. The minimum absolute atomic E-state index is 0.187. The molecule has 1 saturated heterocycles. The number of benzene rings is 1. The van der Waals surface area contributed by atoms with Crippen molar-refractivity contribution < 1.29 is 4.39 Å². The van der Waals surface area contributed by atoms with Gasteiger partial charge < -0.3 is 10.6 Å². The fourth-order valence-electron chi connectivity index (χ4n) is 3.15. The lowest BCUT2D eigenvalue weighted by Gasteiger charge is -2.26. The van der Waals surface area contributed by atoms with Gasteiger partial charge in [-0.1, -0.05) is 39.0 Å². The molecule has 0 spiro atoms. The maximum Gasteiger partial charge on any atom is 0.127 e. The van der Waals surface area contributed by atoms with Crippen LogP contribution in [0.2, 0.25) is 0 Å². The number of likely N-dealkylation sites (tertiary alicyclic amines) is 1. The van der Waals surface area contributed by atoms with Gasteiger partial charge in [0.05, 0.1) is 0 Å². The number of rotatable bonds is 5. The Labute approximate surface area is 122 Å². The highest BCUT2D eigenvalue weighted by Gasteiger charge is 2.27. The fourth-order valence-corrected chi connectivity index (χ4v) is 3.15. The average Bonchev–Trinajstić information content (AvgIpc) is 2.87. The number of hydrogen-bond acceptors (Lipinski definition) is 2. The lowest BCUT2D eigenvalue weighted by Crippen LogP contribution is -2.33. The van der Waals surface area contributed by atoms with Gasteiger partial charge in [0, 0.05) is 24.7 Å². The van der Waals surface area contributed by atoms with Gasteiger partial charge in [0.15, 0.2) is 0 Å². The molecule has 0 saturated carbocycles. The van der Waals surface area contributed by atoms with Crippen LogP contribution in [0.3, 0.4) is 0 Å². The molecule has 112 valence electrons. The van der Waals surface area contributed by atoms with Crippen LogP contribution in [-0.4, -0.2) is 24.5 Å². The monoisotopic (exact) mass is 278 g/mol. The second-order valence-corrected chi connectivity index (χ2v) is 6.58. The van der Waals surface area contributed by atoms with Gasteiger partial charge in [-0.25, -0.2) is 4.39 Å². The highest BCUT2D eigenvalue weighted by Crippen LogP contribution is 2.27. The molecule has 0 radical (unpaired) electrons. The molecule has 1 aromatic carbocycles. The number of halogens is 1. The first-order chi connectivity index (χ1) is 9.49. The van der Waals surface area contributed by atoms with E-state index in [1.165, 1.54) is 12.5 Å². The zero-order valence-electron chi connectivity index (χ0n) is 12.8. The summed E-state index contributed by atoms with van der Waals surface area (Å²) in [5.41, 5.74) is 6.88. The van der Waals surface area contributed by atoms with Gasteiger partial charge in [0.25, 0.3) is 0 Å². The van der Waals surface area contributed by atoms with Crippen LogP contribution in [-0.2, 0) is 0 Å². The van der Waals surface area contributed by atoms with Gasteiger partial charge in [-0.2, -0.15) is 0 Å². The van der Waals surface area contributed by atoms with Crippen LogP contribution in [0.4, 0.5) is 4.39 Å². The van der Waals surface area contributed by atoms with Crippen LogP contribution in [0.15, 0.2) is 24.3 Å². The summed E-state index contributed by atoms with van der Waals surface area (Å²) in [6.07, 6.45) is 1.28. The smallest absolute Gasteiger partial charge is 0.127 e. The van der Waals surface area contributed by atoms with Crippen molar-refractivity contribution in [1.82, 2.24) is 4.90 Å². The summed E-state index contributed by atoms with van der Waals surface area (Å²) < 4.78 is 13.8. The molecule has 3 unspecified atom stereocenters. The third kappa shape index (κ3) is 3.58. The van der Waals surface area contributed by atoms with Crippen LogP contribution >= 0.6 is 0 Å². The second kappa shape index (κ2) is 6.68. The van der Waals surface area contributed by atoms with Gasteiger partial charge in [-0.15, -0.1) is 0 Å². The summed E-state index contributed by atoms with van der Waals surface area (Å²) >= 11 is 0. The summed E-state index contributed by atoms with van der Waals surface area (Å²) in [4.78, 5) is 2.48. The molecule has 0 bridgehead atoms. The van der Waals surface area contributed by atoms with Crippen LogP contribution < -0.4 is 5.73 Å². The van der Waals surface area contributed by atoms with Gasteiger partial charge in [0.1, 0.15) is 5.82 Å². The fraction of sp³-hybridized carbons (Fsp3) is 0.647. The minimum atomic E-state index is -0.228. The lowest BCUT2D eigenvalue weighted by molar-refractivity contribution is 0.247. The van der Waals surface area contributed by atoms with Crippen molar-refractivity contribution in [2.24, 2.45) is 23.5 Å².